The second-order valence-corrected chi connectivity index (χ2v) is 7.87. The van der Waals surface area contributed by atoms with Crippen LogP contribution in [0.2, 0.25) is 0 Å². The van der Waals surface area contributed by atoms with Gasteiger partial charge in [0.05, 0.1) is 6.61 Å². The first-order chi connectivity index (χ1) is 10.2. The fourth-order valence-electron chi connectivity index (χ4n) is 2.55. The normalized spacial score (nSPS) is 18.1. The van der Waals surface area contributed by atoms with E-state index in [-0.39, 0.29) is 12.0 Å². The van der Waals surface area contributed by atoms with Gasteiger partial charge in [-0.1, -0.05) is 13.8 Å². The van der Waals surface area contributed by atoms with Gasteiger partial charge in [-0.15, -0.1) is 0 Å². The highest BCUT2D eigenvalue weighted by atomic mass is 16.6. The first-order valence-electron chi connectivity index (χ1n) is 8.34. The Bertz CT molecular complexity index is 347. The van der Waals surface area contributed by atoms with Crippen LogP contribution in [0.5, 0.6) is 0 Å². The zero-order chi connectivity index (χ0) is 16.8. The van der Waals surface area contributed by atoms with Crippen LogP contribution in [-0.4, -0.2) is 43.2 Å². The van der Waals surface area contributed by atoms with E-state index in [1.807, 2.05) is 20.8 Å². The number of amides is 1. The van der Waals surface area contributed by atoms with E-state index in [9.17, 15) is 9.90 Å². The van der Waals surface area contributed by atoms with Crippen molar-refractivity contribution in [1.82, 2.24) is 5.32 Å². The van der Waals surface area contributed by atoms with Gasteiger partial charge in [-0.3, -0.25) is 0 Å². The van der Waals surface area contributed by atoms with Crippen LogP contribution < -0.4 is 5.32 Å². The summed E-state index contributed by atoms with van der Waals surface area (Å²) in [6.07, 6.45) is 2.56. The van der Waals surface area contributed by atoms with Crippen LogP contribution in [0.1, 0.15) is 53.9 Å². The Labute approximate surface area is 134 Å². The Balaban J connectivity index is 2.47. The molecule has 0 aliphatic heterocycles. The number of hydrogen-bond acceptors (Lipinski definition) is 4. The second-order valence-electron chi connectivity index (χ2n) is 7.87. The Morgan fingerprint density at radius 3 is 2.41 bits per heavy atom. The molecule has 1 amide bonds. The highest BCUT2D eigenvalue weighted by Crippen LogP contribution is 2.47. The van der Waals surface area contributed by atoms with Gasteiger partial charge in [0, 0.05) is 25.2 Å². The largest absolute Gasteiger partial charge is 0.444 e. The highest BCUT2D eigenvalue weighted by Gasteiger charge is 2.44. The molecule has 2 N–H and O–H groups in total. The van der Waals surface area contributed by atoms with E-state index in [2.05, 4.69) is 19.2 Å². The van der Waals surface area contributed by atoms with Crippen LogP contribution in [-0.2, 0) is 9.47 Å². The number of rotatable bonds is 9. The lowest BCUT2D eigenvalue weighted by Crippen LogP contribution is -2.44. The molecule has 1 atom stereocenters. The summed E-state index contributed by atoms with van der Waals surface area (Å²) in [4.78, 5) is 11.8. The number of hydrogen-bond donors (Lipinski definition) is 2. The summed E-state index contributed by atoms with van der Waals surface area (Å²) < 4.78 is 10.9. The lowest BCUT2D eigenvalue weighted by atomic mass is 9.80. The minimum atomic E-state index is -0.508. The van der Waals surface area contributed by atoms with E-state index >= 15 is 0 Å². The number of aliphatic hydroxyl groups is 1. The van der Waals surface area contributed by atoms with E-state index in [4.69, 9.17) is 9.47 Å². The third-order valence-electron chi connectivity index (χ3n) is 3.94. The van der Waals surface area contributed by atoms with Crippen molar-refractivity contribution >= 4 is 6.09 Å². The summed E-state index contributed by atoms with van der Waals surface area (Å²) in [5, 5.41) is 12.7. The zero-order valence-electron chi connectivity index (χ0n) is 14.8. The molecular formula is C17H33NO4. The van der Waals surface area contributed by atoms with Gasteiger partial charge in [0.2, 0.25) is 0 Å². The Morgan fingerprint density at radius 2 is 1.95 bits per heavy atom. The zero-order valence-corrected chi connectivity index (χ0v) is 14.8. The molecule has 5 heteroatoms. The summed E-state index contributed by atoms with van der Waals surface area (Å²) >= 11 is 0. The topological polar surface area (TPSA) is 67.8 Å². The van der Waals surface area contributed by atoms with Crippen LogP contribution in [0.4, 0.5) is 4.79 Å². The molecule has 0 aromatic heterocycles. The molecule has 1 saturated carbocycles. The monoisotopic (exact) mass is 315 g/mol. The van der Waals surface area contributed by atoms with Gasteiger partial charge >= 0.3 is 6.09 Å². The van der Waals surface area contributed by atoms with E-state index < -0.39 is 11.7 Å². The fourth-order valence-corrected chi connectivity index (χ4v) is 2.55. The molecular weight excluding hydrogens is 282 g/mol. The third kappa shape index (κ3) is 6.97. The Kier molecular flexibility index (Phi) is 7.13. The predicted octanol–water partition coefficient (Wildman–Crippen LogP) is 2.96. The molecule has 1 rings (SSSR count). The van der Waals surface area contributed by atoms with Crippen molar-refractivity contribution in [2.24, 2.45) is 17.3 Å². The molecule has 1 aliphatic carbocycles. The molecule has 0 aromatic carbocycles. The standard InChI is InChI=1S/C17H33NO4/c1-13(2)10-21-9-8-17(12-19,14-6-7-14)11-18-15(20)22-16(3,4)5/h13-14,19H,6-12H2,1-5H3,(H,18,20). The first-order valence-corrected chi connectivity index (χ1v) is 8.34. The number of carbonyl (C=O) groups is 1. The van der Waals surface area contributed by atoms with Crippen molar-refractivity contribution < 1.29 is 19.4 Å². The number of alkyl carbamates (subject to hydrolysis) is 1. The minimum Gasteiger partial charge on any atom is -0.444 e. The SMILES string of the molecule is CC(C)COCCC(CO)(CNC(=O)OC(C)(C)C)C1CC1. The van der Waals surface area contributed by atoms with Gasteiger partial charge in [0.25, 0.3) is 0 Å². The second kappa shape index (κ2) is 8.16. The minimum absolute atomic E-state index is 0.0680. The molecule has 1 unspecified atom stereocenters. The van der Waals surface area contributed by atoms with Crippen molar-refractivity contribution in [3.63, 3.8) is 0 Å². The molecule has 22 heavy (non-hydrogen) atoms. The summed E-state index contributed by atoms with van der Waals surface area (Å²) in [5.41, 5.74) is -0.792. The van der Waals surface area contributed by atoms with Crippen LogP contribution in [0, 0.1) is 17.3 Å². The quantitative estimate of drug-likeness (QED) is 0.642. The average Bonchev–Trinajstić information content (AvgIpc) is 3.21. The summed E-state index contributed by atoms with van der Waals surface area (Å²) in [7, 11) is 0. The predicted molar refractivity (Wildman–Crippen MR) is 86.8 cm³/mol. The molecule has 130 valence electrons. The summed E-state index contributed by atoms with van der Waals surface area (Å²) in [5.74, 6) is 0.972. The fraction of sp³-hybridized carbons (Fsp3) is 0.941. The Morgan fingerprint density at radius 1 is 1.32 bits per heavy atom. The van der Waals surface area contributed by atoms with Gasteiger partial charge in [0.15, 0.2) is 0 Å². The van der Waals surface area contributed by atoms with E-state index in [1.165, 1.54) is 0 Å². The maximum absolute atomic E-state index is 11.8. The van der Waals surface area contributed by atoms with Gasteiger partial charge in [-0.2, -0.15) is 0 Å². The molecule has 0 heterocycles. The van der Waals surface area contributed by atoms with Gasteiger partial charge in [-0.25, -0.2) is 4.79 Å². The summed E-state index contributed by atoms with van der Waals surface area (Å²) in [6.45, 7) is 11.6. The smallest absolute Gasteiger partial charge is 0.407 e. The van der Waals surface area contributed by atoms with Gasteiger partial charge < -0.3 is 19.9 Å². The number of nitrogens with one attached hydrogen (secondary N) is 1. The molecule has 1 fully saturated rings. The van der Waals surface area contributed by atoms with E-state index in [1.54, 1.807) is 0 Å². The number of aliphatic hydroxyl groups excluding tert-OH is 1. The van der Waals surface area contributed by atoms with Crippen LogP contribution in [0.3, 0.4) is 0 Å². The highest BCUT2D eigenvalue weighted by molar-refractivity contribution is 5.67. The Hall–Kier alpha value is -0.810. The maximum atomic E-state index is 11.8. The van der Waals surface area contributed by atoms with E-state index in [0.717, 1.165) is 25.9 Å². The molecule has 0 bridgehead atoms. The number of ether oxygens (including phenoxy) is 2. The van der Waals surface area contributed by atoms with Gasteiger partial charge in [-0.05, 0) is 51.9 Å². The van der Waals surface area contributed by atoms with Gasteiger partial charge in [0.1, 0.15) is 5.60 Å². The van der Waals surface area contributed by atoms with Crippen LogP contribution in [0.15, 0.2) is 0 Å². The molecule has 5 nitrogen and oxygen atoms in total. The molecule has 0 spiro atoms. The van der Waals surface area contributed by atoms with Crippen molar-refractivity contribution in [2.75, 3.05) is 26.4 Å². The lowest BCUT2D eigenvalue weighted by Gasteiger charge is -2.33. The molecule has 1 aliphatic rings. The third-order valence-corrected chi connectivity index (χ3v) is 3.94. The lowest BCUT2D eigenvalue weighted by molar-refractivity contribution is 0.0248. The van der Waals surface area contributed by atoms with Crippen LogP contribution in [0.25, 0.3) is 0 Å². The molecule has 0 saturated heterocycles. The van der Waals surface area contributed by atoms with Crippen molar-refractivity contribution in [3.05, 3.63) is 0 Å². The molecule has 0 aromatic rings. The summed E-state index contributed by atoms with van der Waals surface area (Å²) in [6, 6.07) is 0. The number of carbonyl (C=O) groups excluding carboxylic acids is 1. The molecule has 0 radical (unpaired) electrons. The van der Waals surface area contributed by atoms with Crippen molar-refractivity contribution in [2.45, 2.75) is 59.5 Å². The average molecular weight is 315 g/mol. The first kappa shape index (κ1) is 19.2. The van der Waals surface area contributed by atoms with Crippen LogP contribution >= 0.6 is 0 Å². The maximum Gasteiger partial charge on any atom is 0.407 e. The van der Waals surface area contributed by atoms with E-state index in [0.29, 0.717) is 25.0 Å². The van der Waals surface area contributed by atoms with Crippen molar-refractivity contribution in [1.29, 1.82) is 0 Å². The van der Waals surface area contributed by atoms with Crippen molar-refractivity contribution in [3.8, 4) is 0 Å².